The number of hydrogen-bond donors (Lipinski definition) is 1. The normalized spacial score (nSPS) is 13.4. The number of nitrogens with zero attached hydrogens (tertiary/aromatic N) is 1. The average molecular weight is 1450 g/mol. The molecule has 0 bridgehead atoms. The first-order chi connectivity index (χ1) is 50.0. The number of rotatable bonds is 83. The zero-order chi connectivity index (χ0) is 74.0. The van der Waals surface area contributed by atoms with Crippen molar-refractivity contribution < 1.29 is 42.1 Å². The fourth-order valence-electron chi connectivity index (χ4n) is 13.2. The summed E-state index contributed by atoms with van der Waals surface area (Å²) in [4.78, 5) is 36.1. The van der Waals surface area contributed by atoms with E-state index in [1.54, 1.807) is 0 Å². The van der Waals surface area contributed by atoms with Crippen molar-refractivity contribution >= 4 is 19.8 Å². The molecule has 0 saturated carbocycles. The summed E-state index contributed by atoms with van der Waals surface area (Å²) < 4.78 is 34.9. The van der Waals surface area contributed by atoms with Crippen LogP contribution >= 0.6 is 7.82 Å². The van der Waals surface area contributed by atoms with Gasteiger partial charge < -0.3 is 18.9 Å². The first kappa shape index (κ1) is 99.2. The topological polar surface area (TPSA) is 108 Å². The number of phosphoric ester groups is 1. The van der Waals surface area contributed by atoms with Crippen LogP contribution in [0.4, 0.5) is 0 Å². The molecule has 10 heteroatoms. The highest BCUT2D eigenvalue weighted by atomic mass is 31.2. The molecule has 0 fully saturated rings. The zero-order valence-electron chi connectivity index (χ0n) is 68.4. The van der Waals surface area contributed by atoms with Gasteiger partial charge in [-0.2, -0.15) is 0 Å². The van der Waals surface area contributed by atoms with E-state index in [0.717, 1.165) is 70.6 Å². The molecule has 0 spiro atoms. The van der Waals surface area contributed by atoms with Gasteiger partial charge in [0, 0.05) is 12.8 Å². The van der Waals surface area contributed by atoms with Gasteiger partial charge in [-0.3, -0.25) is 18.6 Å². The highest BCUT2D eigenvalue weighted by Gasteiger charge is 2.27. The van der Waals surface area contributed by atoms with Gasteiger partial charge in [0.15, 0.2) is 6.10 Å². The molecule has 0 aliphatic carbocycles. The van der Waals surface area contributed by atoms with Crippen LogP contribution < -0.4 is 0 Å². The van der Waals surface area contributed by atoms with Crippen LogP contribution in [-0.4, -0.2) is 74.9 Å². The van der Waals surface area contributed by atoms with Gasteiger partial charge in [0.25, 0.3) is 0 Å². The largest absolute Gasteiger partial charge is 0.472 e. The summed E-state index contributed by atoms with van der Waals surface area (Å²) in [6.07, 6.45) is 115. The van der Waals surface area contributed by atoms with E-state index < -0.39 is 26.5 Å². The number of ether oxygens (including phenoxy) is 2. The van der Waals surface area contributed by atoms with Crippen molar-refractivity contribution in [3.63, 3.8) is 0 Å². The molecule has 0 aliphatic heterocycles. The Morgan fingerprint density at radius 2 is 0.559 bits per heavy atom. The van der Waals surface area contributed by atoms with Gasteiger partial charge in [0.05, 0.1) is 27.7 Å². The minimum Gasteiger partial charge on any atom is -0.462 e. The molecule has 0 aromatic carbocycles. The maximum atomic E-state index is 12.9. The summed E-state index contributed by atoms with van der Waals surface area (Å²) in [7, 11) is 1.50. The summed E-state index contributed by atoms with van der Waals surface area (Å²) >= 11 is 0. The van der Waals surface area contributed by atoms with Crippen molar-refractivity contribution in [3.8, 4) is 0 Å². The molecular formula is C92H171NO8P+. The number of allylic oxidation sites excluding steroid dienone is 14. The number of likely N-dealkylation sites (N-methyl/N-ethyl adjacent to an activating group) is 1. The predicted octanol–water partition coefficient (Wildman–Crippen LogP) is 30.0. The van der Waals surface area contributed by atoms with E-state index in [2.05, 4.69) is 98.9 Å². The van der Waals surface area contributed by atoms with E-state index in [9.17, 15) is 19.0 Å². The van der Waals surface area contributed by atoms with Gasteiger partial charge in [-0.1, -0.05) is 420 Å². The van der Waals surface area contributed by atoms with E-state index >= 15 is 0 Å². The fraction of sp³-hybridized carbons (Fsp3) is 0.826. The van der Waals surface area contributed by atoms with E-state index in [4.69, 9.17) is 18.5 Å². The monoisotopic (exact) mass is 1450 g/mol. The summed E-state index contributed by atoms with van der Waals surface area (Å²) in [5, 5.41) is 0. The zero-order valence-corrected chi connectivity index (χ0v) is 69.3. The van der Waals surface area contributed by atoms with E-state index in [1.807, 2.05) is 21.1 Å². The molecule has 2 unspecified atom stereocenters. The van der Waals surface area contributed by atoms with Crippen LogP contribution in [0.5, 0.6) is 0 Å². The molecular weight excluding hydrogens is 1280 g/mol. The van der Waals surface area contributed by atoms with Gasteiger partial charge in [-0.05, 0) is 89.9 Å². The number of unbranched alkanes of at least 4 members (excludes halogenated alkanes) is 55. The van der Waals surface area contributed by atoms with E-state index in [1.165, 1.54) is 334 Å². The Morgan fingerprint density at radius 3 is 0.843 bits per heavy atom. The number of quaternary nitrogens is 1. The molecule has 0 aliphatic rings. The second-order valence-electron chi connectivity index (χ2n) is 31.3. The predicted molar refractivity (Wildman–Crippen MR) is 446 cm³/mol. The molecule has 0 radical (unpaired) electrons. The second-order valence-corrected chi connectivity index (χ2v) is 32.7. The molecule has 1 N–H and O–H groups in total. The van der Waals surface area contributed by atoms with Crippen LogP contribution in [0.25, 0.3) is 0 Å². The van der Waals surface area contributed by atoms with Crippen LogP contribution in [0.1, 0.15) is 438 Å². The number of esters is 2. The standard InChI is InChI=1S/C92H170NO8P/c1-6-8-10-12-14-16-18-20-22-24-26-28-30-32-34-36-38-40-42-44-46-48-50-52-54-56-58-60-62-64-66-68-70-72-74-76-78-80-82-84-91(94)98-88-90(89-100-102(96,97)99-87-86-93(3,4)5)101-92(95)85-83-81-79-77-75-73-71-69-67-65-63-61-59-57-55-53-51-49-47-45-43-41-39-37-35-33-31-29-27-25-23-21-19-17-15-13-11-9-7-2/h9,11,15,17,21,23-24,26-27,29,33,35,39,41,90H,6-8,10,12-14,16,18-20,22,25,28,30-32,34,36-38,40,42-89H2,1-5H3/p+1/b11-9-,17-15-,23-21-,26-24-,29-27-,35-33-,41-39-. The molecule has 102 heavy (non-hydrogen) atoms. The van der Waals surface area contributed by atoms with Gasteiger partial charge >= 0.3 is 19.8 Å². The van der Waals surface area contributed by atoms with Gasteiger partial charge in [-0.15, -0.1) is 0 Å². The SMILES string of the molecule is CC/C=C\C/C=C\C/C=C\C/C=C\C/C=C\C/C=C\CCCCCCCCCCCCCCCCCCCCCCC(=O)OC(COC(=O)CCCCCCCCCCCCCCCCCCCCCCCCCCCCC/C=C\CCCCCCCCCC)COP(=O)(O)OCC[N+](C)(C)C. The second kappa shape index (κ2) is 82.3. The van der Waals surface area contributed by atoms with Crippen molar-refractivity contribution in [2.75, 3.05) is 47.5 Å². The number of phosphoric acid groups is 1. The molecule has 2 atom stereocenters. The Morgan fingerprint density at radius 1 is 0.314 bits per heavy atom. The van der Waals surface area contributed by atoms with Crippen molar-refractivity contribution in [3.05, 3.63) is 85.1 Å². The smallest absolute Gasteiger partial charge is 0.462 e. The minimum atomic E-state index is -4.40. The van der Waals surface area contributed by atoms with Crippen molar-refractivity contribution in [2.24, 2.45) is 0 Å². The molecule has 596 valence electrons. The van der Waals surface area contributed by atoms with Gasteiger partial charge in [0.2, 0.25) is 0 Å². The molecule has 9 nitrogen and oxygen atoms in total. The number of carbonyl (C=O) groups excluding carboxylic acids is 2. The van der Waals surface area contributed by atoms with E-state index in [0.29, 0.717) is 23.9 Å². The fourth-order valence-corrected chi connectivity index (χ4v) is 13.9. The lowest BCUT2D eigenvalue weighted by molar-refractivity contribution is -0.870. The molecule has 0 saturated heterocycles. The molecule has 0 rings (SSSR count). The third kappa shape index (κ3) is 86.1. The molecule has 0 aromatic heterocycles. The van der Waals surface area contributed by atoms with Crippen LogP contribution in [0.3, 0.4) is 0 Å². The Bertz CT molecular complexity index is 2000. The molecule has 0 amide bonds. The van der Waals surface area contributed by atoms with E-state index in [-0.39, 0.29) is 25.6 Å². The highest BCUT2D eigenvalue weighted by Crippen LogP contribution is 2.43. The maximum absolute atomic E-state index is 12.9. The first-order valence-corrected chi connectivity index (χ1v) is 45.8. The first-order valence-electron chi connectivity index (χ1n) is 44.3. The lowest BCUT2D eigenvalue weighted by Gasteiger charge is -2.24. The van der Waals surface area contributed by atoms with Crippen LogP contribution in [0.15, 0.2) is 85.1 Å². The third-order valence-corrected chi connectivity index (χ3v) is 20.9. The Kier molecular flexibility index (Phi) is 80.0. The third-order valence-electron chi connectivity index (χ3n) is 19.9. The molecule has 0 aromatic rings. The van der Waals surface area contributed by atoms with Crippen LogP contribution in [0, 0.1) is 0 Å². The summed E-state index contributed by atoms with van der Waals surface area (Å²) in [5.41, 5.74) is 0. The number of carbonyl (C=O) groups is 2. The number of hydrogen-bond acceptors (Lipinski definition) is 7. The maximum Gasteiger partial charge on any atom is 0.472 e. The Labute approximate surface area is 634 Å². The summed E-state index contributed by atoms with van der Waals surface area (Å²) in [5.74, 6) is -0.774. The lowest BCUT2D eigenvalue weighted by Crippen LogP contribution is -2.37. The quantitative estimate of drug-likeness (QED) is 0.0211. The summed E-state index contributed by atoms with van der Waals surface area (Å²) in [6, 6.07) is 0. The van der Waals surface area contributed by atoms with Gasteiger partial charge in [0.1, 0.15) is 19.8 Å². The molecule has 0 heterocycles. The Hall–Kier alpha value is -2.81. The minimum absolute atomic E-state index is 0.0332. The van der Waals surface area contributed by atoms with Crippen molar-refractivity contribution in [2.45, 2.75) is 444 Å². The lowest BCUT2D eigenvalue weighted by atomic mass is 10.0. The highest BCUT2D eigenvalue weighted by molar-refractivity contribution is 7.47. The van der Waals surface area contributed by atoms with Crippen molar-refractivity contribution in [1.29, 1.82) is 0 Å². The Balaban J connectivity index is 3.87. The van der Waals surface area contributed by atoms with Crippen LogP contribution in [0.2, 0.25) is 0 Å². The van der Waals surface area contributed by atoms with Crippen LogP contribution in [-0.2, 0) is 32.7 Å². The average Bonchev–Trinajstić information content (AvgIpc) is 0.914. The van der Waals surface area contributed by atoms with Gasteiger partial charge in [-0.25, -0.2) is 4.57 Å². The van der Waals surface area contributed by atoms with Crippen molar-refractivity contribution in [1.82, 2.24) is 0 Å². The summed E-state index contributed by atoms with van der Waals surface area (Å²) in [6.45, 7) is 4.39.